The minimum Gasteiger partial charge on any atom is -0.508 e. The number of thiazole rings is 1. The van der Waals surface area contributed by atoms with Gasteiger partial charge in [0.25, 0.3) is 0 Å². The van der Waals surface area contributed by atoms with Crippen molar-refractivity contribution in [1.29, 1.82) is 0 Å². The molecule has 1 aromatic carbocycles. The van der Waals surface area contributed by atoms with Gasteiger partial charge in [-0.15, -0.1) is 23.1 Å². The first-order valence-electron chi connectivity index (χ1n) is 7.55. The Morgan fingerprint density at radius 1 is 1.36 bits per heavy atom. The first-order valence-corrected chi connectivity index (χ1v) is 9.35. The number of thioether (sulfide) groups is 1. The van der Waals surface area contributed by atoms with E-state index in [0.717, 1.165) is 25.8 Å². The molecule has 2 aromatic heterocycles. The first kappa shape index (κ1) is 16.0. The van der Waals surface area contributed by atoms with Crippen LogP contribution in [0.4, 0.5) is 0 Å². The summed E-state index contributed by atoms with van der Waals surface area (Å²) in [5.41, 5.74) is 1.65. The van der Waals surface area contributed by atoms with Gasteiger partial charge in [0.2, 0.25) is 0 Å². The van der Waals surface area contributed by atoms with E-state index in [-0.39, 0.29) is 18.3 Å². The van der Waals surface area contributed by atoms with Gasteiger partial charge in [-0.05, 0) is 24.3 Å². The molecule has 1 atom stereocenters. The number of carbonyl (C=O) groups is 1. The van der Waals surface area contributed by atoms with Crippen LogP contribution in [0.3, 0.4) is 0 Å². The van der Waals surface area contributed by atoms with Crippen LogP contribution in [0.2, 0.25) is 0 Å². The minimum atomic E-state index is -0.517. The summed E-state index contributed by atoms with van der Waals surface area (Å²) in [7, 11) is 0. The fourth-order valence-electron chi connectivity index (χ4n) is 2.35. The zero-order valence-corrected chi connectivity index (χ0v) is 14.6. The van der Waals surface area contributed by atoms with Crippen molar-refractivity contribution >= 4 is 44.3 Å². The van der Waals surface area contributed by atoms with Gasteiger partial charge in [-0.2, -0.15) is 0 Å². The van der Waals surface area contributed by atoms with E-state index in [9.17, 15) is 9.90 Å². The second-order valence-corrected chi connectivity index (χ2v) is 7.44. The van der Waals surface area contributed by atoms with Gasteiger partial charge in [0.05, 0.1) is 10.2 Å². The molecule has 1 aliphatic rings. The van der Waals surface area contributed by atoms with Crippen molar-refractivity contribution in [2.75, 3.05) is 5.75 Å². The Morgan fingerprint density at radius 3 is 3.12 bits per heavy atom. The SMILES string of the molecule is O=C(OCc1cccnc1)C1CSC(c2nc3ccc(O)cc3s2)=N1. The fourth-order valence-corrected chi connectivity index (χ4v) is 4.44. The lowest BCUT2D eigenvalue weighted by Gasteiger charge is -2.06. The minimum absolute atomic E-state index is 0.194. The maximum absolute atomic E-state index is 12.2. The molecule has 3 heterocycles. The quantitative estimate of drug-likeness (QED) is 0.710. The predicted molar refractivity (Wildman–Crippen MR) is 98.1 cm³/mol. The number of ether oxygens (including phenoxy) is 1. The Kier molecular flexibility index (Phi) is 4.37. The Labute approximate surface area is 151 Å². The van der Waals surface area contributed by atoms with Crippen molar-refractivity contribution in [3.05, 3.63) is 53.3 Å². The number of hydrogen-bond acceptors (Lipinski definition) is 8. The molecule has 0 spiro atoms. The van der Waals surface area contributed by atoms with Gasteiger partial charge in [0, 0.05) is 23.7 Å². The van der Waals surface area contributed by atoms with E-state index in [1.54, 1.807) is 36.7 Å². The summed E-state index contributed by atoms with van der Waals surface area (Å²) in [6.07, 6.45) is 3.34. The summed E-state index contributed by atoms with van der Waals surface area (Å²) in [5.74, 6) is 0.410. The third-order valence-corrected chi connectivity index (χ3v) is 5.79. The molecule has 4 rings (SSSR count). The summed E-state index contributed by atoms with van der Waals surface area (Å²) in [6.45, 7) is 0.194. The zero-order valence-electron chi connectivity index (χ0n) is 13.0. The number of aromatic nitrogens is 2. The van der Waals surface area contributed by atoms with E-state index in [1.807, 2.05) is 6.07 Å². The van der Waals surface area contributed by atoms with Crippen molar-refractivity contribution in [3.63, 3.8) is 0 Å². The maximum atomic E-state index is 12.2. The molecule has 0 radical (unpaired) electrons. The van der Waals surface area contributed by atoms with Crippen molar-refractivity contribution in [2.45, 2.75) is 12.6 Å². The number of hydrogen-bond donors (Lipinski definition) is 1. The highest BCUT2D eigenvalue weighted by Gasteiger charge is 2.28. The van der Waals surface area contributed by atoms with Crippen LogP contribution in [0, 0.1) is 0 Å². The van der Waals surface area contributed by atoms with E-state index >= 15 is 0 Å². The lowest BCUT2D eigenvalue weighted by atomic mass is 10.3. The number of phenolic OH excluding ortho intramolecular Hbond substituents is 1. The van der Waals surface area contributed by atoms with Crippen molar-refractivity contribution in [2.24, 2.45) is 4.99 Å². The van der Waals surface area contributed by atoms with E-state index in [1.165, 1.54) is 23.1 Å². The van der Waals surface area contributed by atoms with Crippen LogP contribution in [0.1, 0.15) is 10.6 Å². The van der Waals surface area contributed by atoms with Gasteiger partial charge in [-0.25, -0.2) is 9.78 Å². The topological polar surface area (TPSA) is 84.7 Å². The second kappa shape index (κ2) is 6.81. The number of aliphatic imine (C=N–C) groups is 1. The molecule has 8 heteroatoms. The standard InChI is InChI=1S/C17H13N3O3S2/c21-11-3-4-12-14(6-11)25-16(19-12)15-20-13(9-24-15)17(22)23-8-10-2-1-5-18-7-10/h1-7,13,21H,8-9H2. The number of esters is 1. The van der Waals surface area contributed by atoms with E-state index in [2.05, 4.69) is 15.0 Å². The van der Waals surface area contributed by atoms with Crippen molar-refractivity contribution in [1.82, 2.24) is 9.97 Å². The normalized spacial score (nSPS) is 16.8. The Morgan fingerprint density at radius 2 is 2.28 bits per heavy atom. The Balaban J connectivity index is 1.46. The molecular weight excluding hydrogens is 358 g/mol. The first-order chi connectivity index (χ1) is 12.2. The number of nitrogens with zero attached hydrogens (tertiary/aromatic N) is 3. The molecule has 1 unspecified atom stereocenters. The Hall–Kier alpha value is -2.45. The summed E-state index contributed by atoms with van der Waals surface area (Å²) in [6, 6.07) is 8.19. The smallest absolute Gasteiger partial charge is 0.332 e. The molecule has 1 N–H and O–H groups in total. The maximum Gasteiger partial charge on any atom is 0.332 e. The third-order valence-electron chi connectivity index (χ3n) is 3.58. The molecule has 0 aliphatic carbocycles. The van der Waals surface area contributed by atoms with Crippen LogP contribution in [0.25, 0.3) is 10.2 Å². The molecule has 0 fully saturated rings. The molecule has 0 amide bonds. The molecule has 126 valence electrons. The molecule has 0 saturated heterocycles. The highest BCUT2D eigenvalue weighted by molar-refractivity contribution is 8.15. The van der Waals surface area contributed by atoms with Crippen LogP contribution in [-0.2, 0) is 16.1 Å². The molecule has 0 saturated carbocycles. The third kappa shape index (κ3) is 3.49. The number of fused-ring (bicyclic) bond motifs is 1. The van der Waals surface area contributed by atoms with Crippen molar-refractivity contribution in [3.8, 4) is 5.75 Å². The average Bonchev–Trinajstić information content (AvgIpc) is 3.27. The Bertz CT molecular complexity index is 956. The van der Waals surface area contributed by atoms with E-state index < -0.39 is 6.04 Å². The number of aromatic hydroxyl groups is 1. The highest BCUT2D eigenvalue weighted by Crippen LogP contribution is 2.31. The van der Waals surface area contributed by atoms with Crippen LogP contribution in [0.15, 0.2) is 47.7 Å². The zero-order chi connectivity index (χ0) is 17.2. The average molecular weight is 371 g/mol. The van der Waals surface area contributed by atoms with Crippen LogP contribution < -0.4 is 0 Å². The summed E-state index contributed by atoms with van der Waals surface area (Å²) < 4.78 is 6.21. The van der Waals surface area contributed by atoms with Gasteiger partial charge < -0.3 is 9.84 Å². The summed E-state index contributed by atoms with van der Waals surface area (Å²) >= 11 is 2.94. The second-order valence-electron chi connectivity index (χ2n) is 5.40. The largest absolute Gasteiger partial charge is 0.508 e. The molecule has 25 heavy (non-hydrogen) atoms. The van der Waals surface area contributed by atoms with Gasteiger partial charge in [0.1, 0.15) is 22.4 Å². The fraction of sp³-hybridized carbons (Fsp3) is 0.176. The highest BCUT2D eigenvalue weighted by atomic mass is 32.2. The van der Waals surface area contributed by atoms with E-state index in [0.29, 0.717) is 5.75 Å². The monoisotopic (exact) mass is 371 g/mol. The number of benzene rings is 1. The molecular formula is C17H13N3O3S2. The van der Waals surface area contributed by atoms with E-state index in [4.69, 9.17) is 4.74 Å². The lowest BCUT2D eigenvalue weighted by molar-refractivity contribution is -0.145. The number of carbonyl (C=O) groups excluding carboxylic acids is 1. The lowest BCUT2D eigenvalue weighted by Crippen LogP contribution is -2.21. The van der Waals surface area contributed by atoms with Crippen LogP contribution >= 0.6 is 23.1 Å². The molecule has 3 aromatic rings. The number of phenols is 1. The molecule has 0 bridgehead atoms. The number of pyridine rings is 1. The van der Waals surface area contributed by atoms with Crippen molar-refractivity contribution < 1.29 is 14.6 Å². The van der Waals surface area contributed by atoms with Crippen LogP contribution in [-0.4, -0.2) is 37.9 Å². The predicted octanol–water partition coefficient (Wildman–Crippen LogP) is 3.00. The summed E-state index contributed by atoms with van der Waals surface area (Å²) in [4.78, 5) is 25.2. The number of rotatable bonds is 4. The van der Waals surface area contributed by atoms with Gasteiger partial charge in [0.15, 0.2) is 6.04 Å². The van der Waals surface area contributed by atoms with Crippen LogP contribution in [0.5, 0.6) is 5.75 Å². The van der Waals surface area contributed by atoms with Gasteiger partial charge in [-0.3, -0.25) is 9.98 Å². The van der Waals surface area contributed by atoms with Gasteiger partial charge in [-0.1, -0.05) is 6.07 Å². The summed E-state index contributed by atoms with van der Waals surface area (Å²) in [5, 5.41) is 11.0. The molecule has 1 aliphatic heterocycles. The van der Waals surface area contributed by atoms with Gasteiger partial charge >= 0.3 is 5.97 Å². The molecule has 6 nitrogen and oxygen atoms in total.